The highest BCUT2D eigenvalue weighted by Gasteiger charge is 2.13. The third-order valence-electron chi connectivity index (χ3n) is 4.19. The maximum atomic E-state index is 11.0. The molecule has 0 bridgehead atoms. The maximum absolute atomic E-state index is 11.0. The Hall–Kier alpha value is -0.340. The van der Waals surface area contributed by atoms with Crippen molar-refractivity contribution in [1.29, 1.82) is 0 Å². The number of rotatable bonds is 18. The Balaban J connectivity index is 4.15. The molecule has 0 aromatic rings. The van der Waals surface area contributed by atoms with Gasteiger partial charge >= 0.3 is 0 Å². The minimum absolute atomic E-state index is 0.0412. The summed E-state index contributed by atoms with van der Waals surface area (Å²) < 4.78 is 72.4. The van der Waals surface area contributed by atoms with Crippen LogP contribution in [0.5, 0.6) is 0 Å². The van der Waals surface area contributed by atoms with Crippen molar-refractivity contribution in [3.8, 4) is 0 Å². The molecule has 0 rings (SSSR count). The molecule has 0 heterocycles. The van der Waals surface area contributed by atoms with Gasteiger partial charge in [-0.15, -0.1) is 0 Å². The van der Waals surface area contributed by atoms with Crippen LogP contribution in [-0.2, 0) is 29.7 Å². The van der Waals surface area contributed by atoms with Crippen LogP contribution in [0.4, 0.5) is 0 Å². The van der Waals surface area contributed by atoms with Gasteiger partial charge in [0.05, 0.1) is 36.9 Å². The van der Waals surface area contributed by atoms with Gasteiger partial charge in [0, 0.05) is 26.2 Å². The second-order valence-electron chi connectivity index (χ2n) is 7.46. The lowest BCUT2D eigenvalue weighted by Gasteiger charge is -2.24. The third kappa shape index (κ3) is 20.7. The molecule has 0 aliphatic heterocycles. The fourth-order valence-corrected chi connectivity index (χ4v) is 3.47. The van der Waals surface area contributed by atoms with Gasteiger partial charge in [0.2, 0.25) is 0 Å². The van der Waals surface area contributed by atoms with Crippen LogP contribution in [0.2, 0.25) is 0 Å². The van der Waals surface area contributed by atoms with Crippen molar-refractivity contribution < 1.29 is 35.4 Å². The fourth-order valence-electron chi connectivity index (χ4n) is 2.48. The Morgan fingerprint density at radius 2 is 1.38 bits per heavy atom. The topological polar surface area (TPSA) is 134 Å². The molecule has 0 aromatic carbocycles. The maximum Gasteiger partial charge on any atom is 0.266 e. The van der Waals surface area contributed by atoms with Crippen LogP contribution in [0.1, 0.15) is 33.6 Å². The predicted octanol–water partition coefficient (Wildman–Crippen LogP) is 0.606. The number of nitrogens with zero attached hydrogens (tertiary/aromatic N) is 2. The SMILES string of the molecule is CC(C)OCCN(CCC(C)OCCN(C)CCCS(=O)(=O)O)CCS(=O)(=O)O. The average molecular weight is 463 g/mol. The van der Waals surface area contributed by atoms with Crippen molar-refractivity contribution >= 4 is 20.2 Å². The van der Waals surface area contributed by atoms with Crippen molar-refractivity contribution in [1.82, 2.24) is 9.80 Å². The van der Waals surface area contributed by atoms with E-state index >= 15 is 0 Å². The monoisotopic (exact) mass is 462 g/mol. The lowest BCUT2D eigenvalue weighted by Crippen LogP contribution is -2.35. The standard InChI is InChI=1S/C17H38N2O8S2/c1-16(2)26-13-10-19(11-15-29(23,24)25)8-6-17(3)27-12-9-18(4)7-5-14-28(20,21)22/h16-17H,5-15H2,1-4H3,(H,20,21,22)(H,23,24,25). The molecule has 0 radical (unpaired) electrons. The summed E-state index contributed by atoms with van der Waals surface area (Å²) in [6, 6.07) is 0. The summed E-state index contributed by atoms with van der Waals surface area (Å²) in [6.45, 7) is 9.32. The van der Waals surface area contributed by atoms with Gasteiger partial charge in [0.1, 0.15) is 0 Å². The van der Waals surface area contributed by atoms with Gasteiger partial charge in [-0.1, -0.05) is 0 Å². The van der Waals surface area contributed by atoms with Crippen molar-refractivity contribution in [3.05, 3.63) is 0 Å². The van der Waals surface area contributed by atoms with E-state index in [1.807, 2.05) is 37.6 Å². The fraction of sp³-hybridized carbons (Fsp3) is 1.00. The highest BCUT2D eigenvalue weighted by atomic mass is 32.2. The molecule has 1 unspecified atom stereocenters. The molecule has 0 aromatic heterocycles. The number of hydrogen-bond donors (Lipinski definition) is 2. The Morgan fingerprint density at radius 1 is 0.793 bits per heavy atom. The molecule has 12 heteroatoms. The van der Waals surface area contributed by atoms with Gasteiger partial charge < -0.3 is 14.4 Å². The zero-order valence-electron chi connectivity index (χ0n) is 18.0. The van der Waals surface area contributed by atoms with Crippen molar-refractivity contribution in [2.75, 3.05) is 64.5 Å². The van der Waals surface area contributed by atoms with E-state index in [1.165, 1.54) is 0 Å². The third-order valence-corrected chi connectivity index (χ3v) is 5.70. The normalized spacial score (nSPS) is 14.2. The number of likely N-dealkylation sites (N-methyl/N-ethyl adjacent to an activating group) is 1. The van der Waals surface area contributed by atoms with Crippen LogP contribution in [0, 0.1) is 0 Å². The molecule has 1 atom stereocenters. The molecule has 0 aliphatic carbocycles. The first-order chi connectivity index (χ1) is 13.3. The Morgan fingerprint density at radius 3 is 1.93 bits per heavy atom. The molecule has 0 fully saturated rings. The summed E-state index contributed by atoms with van der Waals surface area (Å²) in [5, 5.41) is 0. The summed E-state index contributed by atoms with van der Waals surface area (Å²) >= 11 is 0. The van der Waals surface area contributed by atoms with Gasteiger partial charge in [-0.3, -0.25) is 14.0 Å². The van der Waals surface area contributed by atoms with Crippen LogP contribution in [0.25, 0.3) is 0 Å². The van der Waals surface area contributed by atoms with E-state index in [1.54, 1.807) is 0 Å². The van der Waals surface area contributed by atoms with E-state index in [4.69, 9.17) is 18.6 Å². The van der Waals surface area contributed by atoms with Gasteiger partial charge in [0.15, 0.2) is 0 Å². The van der Waals surface area contributed by atoms with E-state index in [9.17, 15) is 16.8 Å². The molecular weight excluding hydrogens is 424 g/mol. The van der Waals surface area contributed by atoms with E-state index < -0.39 is 20.2 Å². The molecule has 29 heavy (non-hydrogen) atoms. The largest absolute Gasteiger partial charge is 0.377 e. The molecule has 0 amide bonds. The minimum Gasteiger partial charge on any atom is -0.377 e. The summed E-state index contributed by atoms with van der Waals surface area (Å²) in [4.78, 5) is 3.86. The molecule has 2 N–H and O–H groups in total. The van der Waals surface area contributed by atoms with E-state index in [2.05, 4.69) is 0 Å². The molecular formula is C17H38N2O8S2. The highest BCUT2D eigenvalue weighted by molar-refractivity contribution is 7.86. The van der Waals surface area contributed by atoms with Crippen molar-refractivity contribution in [2.24, 2.45) is 0 Å². The molecule has 176 valence electrons. The molecule has 0 aliphatic rings. The highest BCUT2D eigenvalue weighted by Crippen LogP contribution is 2.03. The van der Waals surface area contributed by atoms with Gasteiger partial charge in [-0.2, -0.15) is 16.8 Å². The molecule has 0 spiro atoms. The number of hydrogen-bond acceptors (Lipinski definition) is 8. The van der Waals surface area contributed by atoms with Gasteiger partial charge in [-0.25, -0.2) is 0 Å². The molecule has 10 nitrogen and oxygen atoms in total. The first kappa shape index (κ1) is 28.7. The minimum atomic E-state index is -4.01. The van der Waals surface area contributed by atoms with Crippen LogP contribution in [0.15, 0.2) is 0 Å². The summed E-state index contributed by atoms with van der Waals surface area (Å²) in [7, 11) is -6.08. The zero-order chi connectivity index (χ0) is 22.5. The summed E-state index contributed by atoms with van der Waals surface area (Å²) in [5.74, 6) is -0.577. The van der Waals surface area contributed by atoms with E-state index in [0.717, 1.165) is 0 Å². The van der Waals surface area contributed by atoms with Crippen LogP contribution in [0.3, 0.4) is 0 Å². The van der Waals surface area contributed by atoms with Crippen molar-refractivity contribution in [3.63, 3.8) is 0 Å². The first-order valence-corrected chi connectivity index (χ1v) is 13.0. The quantitative estimate of drug-likeness (QED) is 0.279. The van der Waals surface area contributed by atoms with Gasteiger partial charge in [-0.05, 0) is 47.2 Å². The smallest absolute Gasteiger partial charge is 0.266 e. The molecule has 0 saturated heterocycles. The Bertz CT molecular complexity index is 625. The average Bonchev–Trinajstić information content (AvgIpc) is 2.54. The van der Waals surface area contributed by atoms with Crippen LogP contribution < -0.4 is 0 Å². The second-order valence-corrected chi connectivity index (χ2v) is 10.6. The van der Waals surface area contributed by atoms with Crippen LogP contribution >= 0.6 is 0 Å². The van der Waals surface area contributed by atoms with Crippen molar-refractivity contribution in [2.45, 2.75) is 45.8 Å². The van der Waals surface area contributed by atoms with E-state index in [0.29, 0.717) is 52.2 Å². The lowest BCUT2D eigenvalue weighted by molar-refractivity contribution is 0.0326. The lowest BCUT2D eigenvalue weighted by atomic mass is 10.2. The van der Waals surface area contributed by atoms with E-state index in [-0.39, 0.29) is 30.3 Å². The predicted molar refractivity (Wildman–Crippen MR) is 113 cm³/mol. The van der Waals surface area contributed by atoms with Crippen LogP contribution in [-0.4, -0.2) is 112 Å². The molecule has 0 saturated carbocycles. The summed E-state index contributed by atoms with van der Waals surface area (Å²) in [6.07, 6.45) is 1.10. The number of ether oxygens (including phenoxy) is 2. The Labute approximate surface area is 176 Å². The van der Waals surface area contributed by atoms with Gasteiger partial charge in [0.25, 0.3) is 20.2 Å². The zero-order valence-corrected chi connectivity index (χ0v) is 19.6. The first-order valence-electron chi connectivity index (χ1n) is 9.83. The Kier molecular flexibility index (Phi) is 14.5. The summed E-state index contributed by atoms with van der Waals surface area (Å²) in [5.41, 5.74) is 0. The second kappa shape index (κ2) is 14.6.